The standard InChI is InChI=1S/C21H26N4O3S/c1-13-3-7-16(8-4-13)29(27,28)25-11-15-9-19(17(15)12-25)22-21(26)20-10-18(14-5-6-14)23-24(20)2/h3-4,7-8,10,14-15,17,19H,5-6,9,11-12H2,1-2H3,(H,22,26)/t15-,17+,19+/m1/s1. The lowest BCUT2D eigenvalue weighted by molar-refractivity contribution is 0.0823. The van der Waals surface area contributed by atoms with Crippen molar-refractivity contribution in [2.24, 2.45) is 18.9 Å². The molecule has 3 atom stereocenters. The summed E-state index contributed by atoms with van der Waals surface area (Å²) in [6, 6.07) is 8.90. The van der Waals surface area contributed by atoms with Gasteiger partial charge in [0.2, 0.25) is 10.0 Å². The monoisotopic (exact) mass is 414 g/mol. The minimum atomic E-state index is -3.48. The summed E-state index contributed by atoms with van der Waals surface area (Å²) in [7, 11) is -1.68. The average molecular weight is 415 g/mol. The van der Waals surface area contributed by atoms with Gasteiger partial charge in [-0.25, -0.2) is 8.42 Å². The molecule has 2 aliphatic carbocycles. The highest BCUT2D eigenvalue weighted by Crippen LogP contribution is 2.43. The number of carbonyl (C=O) groups is 1. The molecule has 0 bridgehead atoms. The van der Waals surface area contributed by atoms with E-state index in [1.54, 1.807) is 28.2 Å². The van der Waals surface area contributed by atoms with Crippen LogP contribution in [0.25, 0.3) is 0 Å². The summed E-state index contributed by atoms with van der Waals surface area (Å²) in [6.07, 6.45) is 3.12. The van der Waals surface area contributed by atoms with Crippen molar-refractivity contribution < 1.29 is 13.2 Å². The molecular weight excluding hydrogens is 388 g/mol. The highest BCUT2D eigenvalue weighted by Gasteiger charge is 2.50. The van der Waals surface area contributed by atoms with Gasteiger partial charge in [0.25, 0.3) is 5.91 Å². The number of nitrogens with zero attached hydrogens (tertiary/aromatic N) is 3. The van der Waals surface area contributed by atoms with Crippen molar-refractivity contribution in [2.75, 3.05) is 13.1 Å². The van der Waals surface area contributed by atoms with Crippen molar-refractivity contribution in [1.82, 2.24) is 19.4 Å². The van der Waals surface area contributed by atoms with E-state index in [-0.39, 0.29) is 17.9 Å². The minimum Gasteiger partial charge on any atom is -0.348 e. The van der Waals surface area contributed by atoms with Crippen LogP contribution >= 0.6 is 0 Å². The molecule has 8 heteroatoms. The molecule has 1 saturated heterocycles. The van der Waals surface area contributed by atoms with Gasteiger partial charge < -0.3 is 5.32 Å². The normalized spacial score (nSPS) is 26.8. The lowest BCUT2D eigenvalue weighted by Crippen LogP contribution is -2.52. The Morgan fingerprint density at radius 3 is 2.59 bits per heavy atom. The van der Waals surface area contributed by atoms with Gasteiger partial charge in [0.15, 0.2) is 0 Å². The first-order valence-corrected chi connectivity index (χ1v) is 11.7. The number of hydrogen-bond donors (Lipinski definition) is 1. The zero-order chi connectivity index (χ0) is 20.3. The van der Waals surface area contributed by atoms with Crippen molar-refractivity contribution in [3.05, 3.63) is 47.3 Å². The molecule has 2 saturated carbocycles. The van der Waals surface area contributed by atoms with Gasteiger partial charge in [0.1, 0.15) is 5.69 Å². The highest BCUT2D eigenvalue weighted by molar-refractivity contribution is 7.89. The number of nitrogens with one attached hydrogen (secondary N) is 1. The van der Waals surface area contributed by atoms with Crippen LogP contribution in [0.15, 0.2) is 35.2 Å². The molecule has 1 amide bonds. The summed E-state index contributed by atoms with van der Waals surface area (Å²) < 4.78 is 29.2. The Balaban J connectivity index is 1.25. The largest absolute Gasteiger partial charge is 0.348 e. The molecule has 0 spiro atoms. The predicted molar refractivity (Wildman–Crippen MR) is 108 cm³/mol. The lowest BCUT2D eigenvalue weighted by atomic mass is 9.71. The Bertz CT molecular complexity index is 1060. The topological polar surface area (TPSA) is 84.3 Å². The predicted octanol–water partition coefficient (Wildman–Crippen LogP) is 2.04. The van der Waals surface area contributed by atoms with Crippen molar-refractivity contribution in [1.29, 1.82) is 0 Å². The van der Waals surface area contributed by atoms with Gasteiger partial charge >= 0.3 is 0 Å². The number of aryl methyl sites for hydroxylation is 2. The van der Waals surface area contributed by atoms with Gasteiger partial charge in [0.05, 0.1) is 10.6 Å². The first-order chi connectivity index (χ1) is 13.8. The first-order valence-electron chi connectivity index (χ1n) is 10.2. The second-order valence-electron chi connectivity index (χ2n) is 8.73. The van der Waals surface area contributed by atoms with Crippen LogP contribution in [0.2, 0.25) is 0 Å². The molecule has 5 rings (SSSR count). The zero-order valence-corrected chi connectivity index (χ0v) is 17.5. The molecule has 154 valence electrons. The van der Waals surface area contributed by atoms with Gasteiger partial charge in [-0.1, -0.05) is 17.7 Å². The van der Waals surface area contributed by atoms with E-state index >= 15 is 0 Å². The Kier molecular flexibility index (Phi) is 4.33. The number of benzene rings is 1. The lowest BCUT2D eigenvalue weighted by Gasteiger charge is -2.39. The molecule has 0 radical (unpaired) electrons. The van der Waals surface area contributed by atoms with Gasteiger partial charge in [-0.3, -0.25) is 9.48 Å². The Morgan fingerprint density at radius 1 is 1.17 bits per heavy atom. The van der Waals surface area contributed by atoms with E-state index in [2.05, 4.69) is 10.4 Å². The number of amides is 1. The van der Waals surface area contributed by atoms with Crippen LogP contribution in [0, 0.1) is 18.8 Å². The van der Waals surface area contributed by atoms with Crippen LogP contribution in [-0.2, 0) is 17.1 Å². The van der Waals surface area contributed by atoms with Gasteiger partial charge in [-0.15, -0.1) is 0 Å². The zero-order valence-electron chi connectivity index (χ0n) is 16.7. The highest BCUT2D eigenvalue weighted by atomic mass is 32.2. The van der Waals surface area contributed by atoms with Crippen LogP contribution in [-0.4, -0.2) is 47.5 Å². The number of sulfonamides is 1. The van der Waals surface area contributed by atoms with E-state index in [0.29, 0.717) is 35.5 Å². The maximum atomic E-state index is 13.0. The number of hydrogen-bond acceptors (Lipinski definition) is 4. The molecule has 3 aliphatic rings. The molecule has 2 aromatic rings. The van der Waals surface area contributed by atoms with Crippen molar-refractivity contribution in [2.45, 2.75) is 43.0 Å². The SMILES string of the molecule is Cc1ccc(S(=O)(=O)N2C[C@H]3C[C@H](NC(=O)c4cc(C5CC5)nn4C)[C@H]3C2)cc1. The molecule has 0 unspecified atom stereocenters. The molecule has 1 aliphatic heterocycles. The maximum absolute atomic E-state index is 13.0. The van der Waals surface area contributed by atoms with E-state index < -0.39 is 10.0 Å². The van der Waals surface area contributed by atoms with E-state index in [0.717, 1.165) is 30.5 Å². The average Bonchev–Trinajstić information content (AvgIpc) is 3.36. The fourth-order valence-corrected chi connectivity index (χ4v) is 6.14. The fraction of sp³-hybridized carbons (Fsp3) is 0.524. The number of rotatable bonds is 5. The summed E-state index contributed by atoms with van der Waals surface area (Å²) in [5.41, 5.74) is 2.62. The molecule has 2 heterocycles. The summed E-state index contributed by atoms with van der Waals surface area (Å²) in [4.78, 5) is 13.1. The quantitative estimate of drug-likeness (QED) is 0.812. The fourth-order valence-electron chi connectivity index (χ4n) is 4.61. The minimum absolute atomic E-state index is 0.0185. The van der Waals surface area contributed by atoms with E-state index in [1.165, 1.54) is 0 Å². The molecule has 1 aromatic heterocycles. The molecular formula is C21H26N4O3S. The smallest absolute Gasteiger partial charge is 0.269 e. The Hall–Kier alpha value is -2.19. The van der Waals surface area contributed by atoms with Crippen LogP contribution in [0.1, 0.15) is 46.9 Å². The molecule has 1 N–H and O–H groups in total. The summed E-state index contributed by atoms with van der Waals surface area (Å²) in [5, 5.41) is 7.58. The van der Waals surface area contributed by atoms with Crippen molar-refractivity contribution in [3.63, 3.8) is 0 Å². The van der Waals surface area contributed by atoms with Crippen LogP contribution in [0.5, 0.6) is 0 Å². The Labute approximate surface area is 171 Å². The van der Waals surface area contributed by atoms with Crippen LogP contribution < -0.4 is 5.32 Å². The second kappa shape index (κ2) is 6.67. The molecule has 29 heavy (non-hydrogen) atoms. The van der Waals surface area contributed by atoms with Crippen molar-refractivity contribution in [3.8, 4) is 0 Å². The Morgan fingerprint density at radius 2 is 1.90 bits per heavy atom. The van der Waals surface area contributed by atoms with Gasteiger partial charge in [-0.2, -0.15) is 9.40 Å². The van der Waals surface area contributed by atoms with Gasteiger partial charge in [0, 0.05) is 32.1 Å². The molecule has 1 aromatic carbocycles. The number of aromatic nitrogens is 2. The van der Waals surface area contributed by atoms with Crippen LogP contribution in [0.3, 0.4) is 0 Å². The molecule has 3 fully saturated rings. The third-order valence-electron chi connectivity index (χ3n) is 6.63. The summed E-state index contributed by atoms with van der Waals surface area (Å²) in [6.45, 7) is 2.94. The first kappa shape index (κ1) is 18.8. The maximum Gasteiger partial charge on any atom is 0.269 e. The summed E-state index contributed by atoms with van der Waals surface area (Å²) >= 11 is 0. The number of fused-ring (bicyclic) bond motifs is 1. The third kappa shape index (κ3) is 3.28. The van der Waals surface area contributed by atoms with E-state index in [4.69, 9.17) is 0 Å². The van der Waals surface area contributed by atoms with Crippen LogP contribution in [0.4, 0.5) is 0 Å². The van der Waals surface area contributed by atoms with E-state index in [1.807, 2.05) is 25.1 Å². The number of carbonyl (C=O) groups excluding carboxylic acids is 1. The van der Waals surface area contributed by atoms with Gasteiger partial charge in [-0.05, 0) is 56.2 Å². The third-order valence-corrected chi connectivity index (χ3v) is 8.48. The van der Waals surface area contributed by atoms with Crippen molar-refractivity contribution >= 4 is 15.9 Å². The second-order valence-corrected chi connectivity index (χ2v) is 10.7. The summed E-state index contributed by atoms with van der Waals surface area (Å²) in [5.74, 6) is 0.880. The molecule has 7 nitrogen and oxygen atoms in total. The van der Waals surface area contributed by atoms with E-state index in [9.17, 15) is 13.2 Å².